The molecule has 3 heterocycles. The van der Waals surface area contributed by atoms with Crippen LogP contribution in [0.25, 0.3) is 22.8 Å². The molecule has 4 rings (SSSR count). The fourth-order valence-electron chi connectivity index (χ4n) is 3.64. The first-order valence-corrected chi connectivity index (χ1v) is 12.2. The Balaban J connectivity index is 1.78. The molecule has 0 aliphatic heterocycles. The lowest BCUT2D eigenvalue weighted by atomic mass is 10.1. The molecule has 0 bridgehead atoms. The highest BCUT2D eigenvalue weighted by Gasteiger charge is 2.23. The maximum absolute atomic E-state index is 15.2. The summed E-state index contributed by atoms with van der Waals surface area (Å²) in [4.78, 5) is 31.6. The zero-order valence-electron chi connectivity index (χ0n) is 20.9. The molecule has 3 aromatic heterocycles. The average Bonchev–Trinajstić information content (AvgIpc) is 3.20. The van der Waals surface area contributed by atoms with E-state index in [0.29, 0.717) is 38.5 Å². The molecule has 0 fully saturated rings. The molecule has 0 N–H and O–H groups in total. The number of benzene rings is 1. The summed E-state index contributed by atoms with van der Waals surface area (Å²) in [5, 5.41) is 5.45. The molecule has 1 atom stereocenters. The Bertz CT molecular complexity index is 1530. The number of hydrogen-bond donors (Lipinski definition) is 0. The van der Waals surface area contributed by atoms with Crippen molar-refractivity contribution < 1.29 is 23.5 Å². The van der Waals surface area contributed by atoms with E-state index in [2.05, 4.69) is 15.1 Å². The third-order valence-electron chi connectivity index (χ3n) is 5.30. The van der Waals surface area contributed by atoms with Gasteiger partial charge in [-0.25, -0.2) is 9.18 Å². The van der Waals surface area contributed by atoms with Crippen LogP contribution in [0.2, 0.25) is 10.0 Å². The molecule has 1 aromatic carbocycles. The minimum absolute atomic E-state index is 0.138. The number of ether oxygens (including phenoxy) is 2. The average molecular weight is 557 g/mol. The van der Waals surface area contributed by atoms with Gasteiger partial charge in [0.05, 0.1) is 21.3 Å². The number of hydrogen-bond acceptors (Lipinski definition) is 7. The minimum atomic E-state index is -0.774. The van der Waals surface area contributed by atoms with Crippen LogP contribution in [0.4, 0.5) is 9.18 Å². The standard InChI is InChI=1S/C27H23Cl2FN4O4/c1-15(25-20(28)12-31-13-21(25)29)37-18-7-8-24-19(9-18)23(33-34(24)26(36)38-27(2,3)4)10-22(30)16-5-6-17(14-35)32-11-16/h5-15H,1-4H3/b22-10-. The lowest BCUT2D eigenvalue weighted by molar-refractivity contribution is 0.0522. The van der Waals surface area contributed by atoms with Gasteiger partial charge in [-0.05, 0) is 58.0 Å². The minimum Gasteiger partial charge on any atom is -0.486 e. The molecule has 4 aromatic rings. The van der Waals surface area contributed by atoms with E-state index in [1.165, 1.54) is 36.8 Å². The van der Waals surface area contributed by atoms with E-state index in [1.807, 2.05) is 0 Å². The lowest BCUT2D eigenvalue weighted by Crippen LogP contribution is -2.27. The number of fused-ring (bicyclic) bond motifs is 1. The molecule has 8 nitrogen and oxygen atoms in total. The number of carbonyl (C=O) groups is 2. The Morgan fingerprint density at radius 3 is 2.42 bits per heavy atom. The first-order chi connectivity index (χ1) is 18.0. The molecule has 0 aliphatic rings. The maximum atomic E-state index is 15.2. The second kappa shape index (κ2) is 10.9. The van der Waals surface area contributed by atoms with Crippen molar-refractivity contribution in [1.82, 2.24) is 19.7 Å². The quantitative estimate of drug-likeness (QED) is 0.229. The third kappa shape index (κ3) is 6.00. The monoisotopic (exact) mass is 556 g/mol. The van der Waals surface area contributed by atoms with Crippen molar-refractivity contribution in [1.29, 1.82) is 0 Å². The zero-order chi connectivity index (χ0) is 27.6. The number of rotatable bonds is 6. The fourth-order valence-corrected chi connectivity index (χ4v) is 4.31. The highest BCUT2D eigenvalue weighted by Crippen LogP contribution is 2.34. The largest absolute Gasteiger partial charge is 0.486 e. The molecule has 0 saturated carbocycles. The molecule has 0 spiro atoms. The van der Waals surface area contributed by atoms with E-state index in [0.717, 1.165) is 4.68 Å². The van der Waals surface area contributed by atoms with Gasteiger partial charge in [-0.15, -0.1) is 0 Å². The van der Waals surface area contributed by atoms with E-state index in [4.69, 9.17) is 32.7 Å². The number of aromatic nitrogens is 4. The van der Waals surface area contributed by atoms with Gasteiger partial charge in [-0.1, -0.05) is 23.2 Å². The number of nitrogens with zero attached hydrogens (tertiary/aromatic N) is 4. The van der Waals surface area contributed by atoms with E-state index in [1.54, 1.807) is 45.9 Å². The second-order valence-electron chi connectivity index (χ2n) is 9.32. The predicted molar refractivity (Wildman–Crippen MR) is 143 cm³/mol. The molecule has 0 radical (unpaired) electrons. The van der Waals surface area contributed by atoms with Crippen LogP contribution >= 0.6 is 23.2 Å². The molecule has 38 heavy (non-hydrogen) atoms. The summed E-state index contributed by atoms with van der Waals surface area (Å²) in [7, 11) is 0. The van der Waals surface area contributed by atoms with Crippen LogP contribution in [0, 0.1) is 0 Å². The topological polar surface area (TPSA) is 96.2 Å². The van der Waals surface area contributed by atoms with E-state index >= 15 is 4.39 Å². The predicted octanol–water partition coefficient (Wildman–Crippen LogP) is 7.34. The van der Waals surface area contributed by atoms with Crippen molar-refractivity contribution in [3.63, 3.8) is 0 Å². The van der Waals surface area contributed by atoms with Gasteiger partial charge in [0.15, 0.2) is 6.29 Å². The summed E-state index contributed by atoms with van der Waals surface area (Å²) in [6, 6.07) is 7.73. The van der Waals surface area contributed by atoms with Gasteiger partial charge in [-0.3, -0.25) is 14.8 Å². The highest BCUT2D eigenvalue weighted by molar-refractivity contribution is 6.35. The Labute approximate surface area is 228 Å². The van der Waals surface area contributed by atoms with Crippen LogP contribution in [-0.4, -0.2) is 37.7 Å². The zero-order valence-corrected chi connectivity index (χ0v) is 22.4. The molecule has 0 saturated heterocycles. The van der Waals surface area contributed by atoms with E-state index in [-0.39, 0.29) is 17.0 Å². The van der Waals surface area contributed by atoms with E-state index in [9.17, 15) is 9.59 Å². The van der Waals surface area contributed by atoms with Crippen LogP contribution in [0.15, 0.2) is 48.9 Å². The summed E-state index contributed by atoms with van der Waals surface area (Å²) >= 11 is 12.5. The molecule has 11 heteroatoms. The molecule has 196 valence electrons. The summed E-state index contributed by atoms with van der Waals surface area (Å²) in [5.41, 5.74) is 0.633. The Morgan fingerprint density at radius 2 is 1.82 bits per heavy atom. The van der Waals surface area contributed by atoms with Crippen molar-refractivity contribution in [2.45, 2.75) is 39.4 Å². The Morgan fingerprint density at radius 1 is 1.11 bits per heavy atom. The van der Waals surface area contributed by atoms with Crippen molar-refractivity contribution >= 4 is 58.4 Å². The van der Waals surface area contributed by atoms with Crippen LogP contribution in [0.1, 0.15) is 61.1 Å². The van der Waals surface area contributed by atoms with Gasteiger partial charge < -0.3 is 9.47 Å². The maximum Gasteiger partial charge on any atom is 0.435 e. The van der Waals surface area contributed by atoms with Crippen molar-refractivity contribution in [2.24, 2.45) is 0 Å². The summed E-state index contributed by atoms with van der Waals surface area (Å²) in [5.74, 6) is -0.259. The number of aldehydes is 1. The number of halogens is 3. The molecule has 0 amide bonds. The van der Waals surface area contributed by atoms with Gasteiger partial charge in [0.25, 0.3) is 0 Å². The SMILES string of the molecule is CC(Oc1ccc2c(c1)c(/C=C(\F)c1ccc(C=O)nc1)nn2C(=O)OC(C)(C)C)c1c(Cl)cncc1Cl. The van der Waals surface area contributed by atoms with Crippen molar-refractivity contribution in [3.8, 4) is 5.75 Å². The van der Waals surface area contributed by atoms with Crippen molar-refractivity contribution in [3.05, 3.63) is 81.5 Å². The first-order valence-electron chi connectivity index (χ1n) is 11.5. The Kier molecular flexibility index (Phi) is 7.80. The summed E-state index contributed by atoms with van der Waals surface area (Å²) < 4.78 is 27.8. The number of carbonyl (C=O) groups excluding carboxylic acids is 2. The van der Waals surface area contributed by atoms with Crippen LogP contribution in [-0.2, 0) is 4.74 Å². The van der Waals surface area contributed by atoms with Crippen LogP contribution in [0.5, 0.6) is 5.75 Å². The smallest absolute Gasteiger partial charge is 0.435 e. The third-order valence-corrected chi connectivity index (χ3v) is 5.90. The summed E-state index contributed by atoms with van der Waals surface area (Å²) in [6.45, 7) is 6.97. The highest BCUT2D eigenvalue weighted by atomic mass is 35.5. The fraction of sp³-hybridized carbons (Fsp3) is 0.222. The lowest BCUT2D eigenvalue weighted by Gasteiger charge is -2.19. The second-order valence-corrected chi connectivity index (χ2v) is 10.1. The van der Waals surface area contributed by atoms with Gasteiger partial charge in [0.2, 0.25) is 0 Å². The van der Waals surface area contributed by atoms with Crippen molar-refractivity contribution in [2.75, 3.05) is 0 Å². The number of pyridine rings is 2. The molecular formula is C27H23Cl2FN4O4. The Hall–Kier alpha value is -3.82. The molecular weight excluding hydrogens is 534 g/mol. The first kappa shape index (κ1) is 27.2. The summed E-state index contributed by atoms with van der Waals surface area (Å²) in [6.07, 6.45) is 4.64. The van der Waals surface area contributed by atoms with Gasteiger partial charge in [0.1, 0.15) is 29.0 Å². The molecule has 0 aliphatic carbocycles. The van der Waals surface area contributed by atoms with Gasteiger partial charge >= 0.3 is 6.09 Å². The van der Waals surface area contributed by atoms with Crippen LogP contribution in [0.3, 0.4) is 0 Å². The normalized spacial score (nSPS) is 12.9. The van der Waals surface area contributed by atoms with E-state index < -0.39 is 23.6 Å². The molecule has 1 unspecified atom stereocenters. The van der Waals surface area contributed by atoms with Crippen LogP contribution < -0.4 is 4.74 Å². The van der Waals surface area contributed by atoms with Gasteiger partial charge in [0, 0.05) is 41.2 Å². The van der Waals surface area contributed by atoms with Gasteiger partial charge in [-0.2, -0.15) is 9.78 Å².